The van der Waals surface area contributed by atoms with Gasteiger partial charge in [-0.15, -0.1) is 11.3 Å². The molecule has 0 atom stereocenters. The molecule has 1 aliphatic rings. The molecule has 1 aromatic rings. The molecule has 0 unspecified atom stereocenters. The van der Waals surface area contributed by atoms with Crippen molar-refractivity contribution in [3.8, 4) is 0 Å². The van der Waals surface area contributed by atoms with Gasteiger partial charge in [0.2, 0.25) is 0 Å². The highest BCUT2D eigenvalue weighted by molar-refractivity contribution is 7.15. The van der Waals surface area contributed by atoms with Crippen molar-refractivity contribution >= 4 is 16.5 Å². The fourth-order valence-corrected chi connectivity index (χ4v) is 3.26. The maximum Gasteiger partial charge on any atom is 0.185 e. The maximum absolute atomic E-state index is 5.77. The highest BCUT2D eigenvalue weighted by Gasteiger charge is 2.22. The molecule has 0 bridgehead atoms. The fourth-order valence-electron chi connectivity index (χ4n) is 2.24. The lowest BCUT2D eigenvalue weighted by Crippen LogP contribution is -2.32. The van der Waals surface area contributed by atoms with E-state index < -0.39 is 0 Å². The highest BCUT2D eigenvalue weighted by Crippen LogP contribution is 2.31. The van der Waals surface area contributed by atoms with E-state index in [0.717, 1.165) is 34.7 Å². The number of anilines is 1. The molecule has 0 aliphatic heterocycles. The molecule has 4 nitrogen and oxygen atoms in total. The number of rotatable bonds is 7. The quantitative estimate of drug-likeness (QED) is 0.825. The van der Waals surface area contributed by atoms with Crippen LogP contribution < -0.4 is 10.6 Å². The van der Waals surface area contributed by atoms with Crippen LogP contribution in [0, 0.1) is 5.92 Å². The second-order valence-corrected chi connectivity index (χ2v) is 5.90. The van der Waals surface area contributed by atoms with Gasteiger partial charge in [-0.25, -0.2) is 4.98 Å². The Morgan fingerprint density at radius 2 is 2.28 bits per heavy atom. The number of nitrogens with zero attached hydrogens (tertiary/aromatic N) is 2. The van der Waals surface area contributed by atoms with Crippen LogP contribution in [-0.2, 0) is 17.9 Å². The molecule has 0 amide bonds. The number of methoxy groups -OCH3 is 1. The third-order valence-corrected chi connectivity index (χ3v) is 4.77. The second-order valence-electron chi connectivity index (χ2n) is 4.84. The van der Waals surface area contributed by atoms with Gasteiger partial charge in [-0.05, 0) is 25.7 Å². The Hall–Kier alpha value is -0.650. The van der Waals surface area contributed by atoms with Gasteiger partial charge in [0, 0.05) is 31.6 Å². The largest absolute Gasteiger partial charge is 0.378 e. The molecule has 2 rings (SSSR count). The molecule has 18 heavy (non-hydrogen) atoms. The van der Waals surface area contributed by atoms with Crippen molar-refractivity contribution in [2.75, 3.05) is 25.1 Å². The monoisotopic (exact) mass is 269 g/mol. The van der Waals surface area contributed by atoms with E-state index in [2.05, 4.69) is 11.8 Å². The van der Waals surface area contributed by atoms with Crippen molar-refractivity contribution in [3.63, 3.8) is 0 Å². The van der Waals surface area contributed by atoms with Gasteiger partial charge in [0.1, 0.15) is 0 Å². The van der Waals surface area contributed by atoms with Crippen LogP contribution in [0.2, 0.25) is 0 Å². The second kappa shape index (κ2) is 6.50. The van der Waals surface area contributed by atoms with E-state index in [1.165, 1.54) is 19.3 Å². The fraction of sp³-hybridized carbons (Fsp3) is 0.769. The first-order chi connectivity index (χ1) is 8.78. The Bertz CT molecular complexity index is 376. The molecule has 0 aromatic carbocycles. The van der Waals surface area contributed by atoms with E-state index >= 15 is 0 Å². The van der Waals surface area contributed by atoms with Gasteiger partial charge in [0.25, 0.3) is 0 Å². The Kier molecular flexibility index (Phi) is 4.97. The number of ether oxygens (including phenoxy) is 1. The average Bonchev–Trinajstić information content (AvgIpc) is 2.71. The summed E-state index contributed by atoms with van der Waals surface area (Å²) in [6, 6.07) is 0. The van der Waals surface area contributed by atoms with Gasteiger partial charge < -0.3 is 15.4 Å². The Morgan fingerprint density at radius 1 is 1.50 bits per heavy atom. The predicted molar refractivity (Wildman–Crippen MR) is 75.9 cm³/mol. The van der Waals surface area contributed by atoms with Gasteiger partial charge >= 0.3 is 0 Å². The third kappa shape index (κ3) is 3.02. The van der Waals surface area contributed by atoms with Crippen LogP contribution in [0.15, 0.2) is 0 Å². The standard InChI is InChI=1S/C13H23N3OS/c1-3-16(8-10-5-4-6-10)13-15-11(9-17-2)12(7-14)18-13/h10H,3-9,14H2,1-2H3. The van der Waals surface area contributed by atoms with Crippen molar-refractivity contribution in [2.45, 2.75) is 39.3 Å². The first-order valence-corrected chi connectivity index (χ1v) is 7.52. The summed E-state index contributed by atoms with van der Waals surface area (Å²) in [5, 5.41) is 1.11. The summed E-state index contributed by atoms with van der Waals surface area (Å²) in [7, 11) is 1.70. The highest BCUT2D eigenvalue weighted by atomic mass is 32.1. The van der Waals surface area contributed by atoms with E-state index in [0.29, 0.717) is 13.2 Å². The zero-order chi connectivity index (χ0) is 13.0. The van der Waals surface area contributed by atoms with Crippen molar-refractivity contribution in [2.24, 2.45) is 11.7 Å². The Morgan fingerprint density at radius 3 is 2.78 bits per heavy atom. The van der Waals surface area contributed by atoms with Crippen LogP contribution in [0.3, 0.4) is 0 Å². The van der Waals surface area contributed by atoms with Gasteiger partial charge in [0.05, 0.1) is 12.3 Å². The molecule has 5 heteroatoms. The van der Waals surface area contributed by atoms with Crippen LogP contribution in [-0.4, -0.2) is 25.2 Å². The molecule has 102 valence electrons. The van der Waals surface area contributed by atoms with E-state index in [4.69, 9.17) is 15.5 Å². The minimum Gasteiger partial charge on any atom is -0.378 e. The maximum atomic E-state index is 5.77. The molecule has 2 N–H and O–H groups in total. The molecule has 1 aromatic heterocycles. The van der Waals surface area contributed by atoms with E-state index in [-0.39, 0.29) is 0 Å². The molecule has 0 saturated heterocycles. The number of nitrogens with two attached hydrogens (primary N) is 1. The molecule has 1 aliphatic carbocycles. The summed E-state index contributed by atoms with van der Waals surface area (Å²) in [5.74, 6) is 0.862. The van der Waals surface area contributed by atoms with Crippen LogP contribution in [0.4, 0.5) is 5.13 Å². The van der Waals surface area contributed by atoms with Gasteiger partial charge in [0.15, 0.2) is 5.13 Å². The molecular weight excluding hydrogens is 246 g/mol. The SMILES string of the molecule is CCN(CC1CCC1)c1nc(COC)c(CN)s1. The lowest BCUT2D eigenvalue weighted by molar-refractivity contribution is 0.181. The molecule has 1 saturated carbocycles. The molecule has 1 heterocycles. The molecule has 0 radical (unpaired) electrons. The number of aromatic nitrogens is 1. The van der Waals surface area contributed by atoms with Crippen molar-refractivity contribution in [1.82, 2.24) is 4.98 Å². The number of hydrogen-bond donors (Lipinski definition) is 1. The van der Waals surface area contributed by atoms with Gasteiger partial charge in [-0.2, -0.15) is 0 Å². The first kappa shape index (κ1) is 13.8. The smallest absolute Gasteiger partial charge is 0.185 e. The molecular formula is C13H23N3OS. The summed E-state index contributed by atoms with van der Waals surface area (Å²) in [4.78, 5) is 8.23. The summed E-state index contributed by atoms with van der Waals surface area (Å²) in [6.45, 7) is 5.46. The van der Waals surface area contributed by atoms with Crippen molar-refractivity contribution in [1.29, 1.82) is 0 Å². The zero-order valence-corrected chi connectivity index (χ0v) is 12.1. The summed E-state index contributed by atoms with van der Waals surface area (Å²) < 4.78 is 5.18. The third-order valence-electron chi connectivity index (χ3n) is 3.59. The zero-order valence-electron chi connectivity index (χ0n) is 11.3. The summed E-state index contributed by atoms with van der Waals surface area (Å²) in [5.41, 5.74) is 6.78. The normalized spacial score (nSPS) is 15.7. The lowest BCUT2D eigenvalue weighted by atomic mass is 9.85. The summed E-state index contributed by atoms with van der Waals surface area (Å²) in [6.07, 6.45) is 4.14. The number of hydrogen-bond acceptors (Lipinski definition) is 5. The predicted octanol–water partition coefficient (Wildman–Crippen LogP) is 2.37. The molecule has 0 spiro atoms. The van der Waals surface area contributed by atoms with Crippen LogP contribution >= 0.6 is 11.3 Å². The minimum absolute atomic E-state index is 0.553. The lowest BCUT2D eigenvalue weighted by Gasteiger charge is -2.31. The summed E-state index contributed by atoms with van der Waals surface area (Å²) >= 11 is 1.72. The van der Waals surface area contributed by atoms with Crippen molar-refractivity contribution < 1.29 is 4.74 Å². The van der Waals surface area contributed by atoms with Gasteiger partial charge in [-0.1, -0.05) is 6.42 Å². The van der Waals surface area contributed by atoms with Gasteiger partial charge in [-0.3, -0.25) is 0 Å². The average molecular weight is 269 g/mol. The topological polar surface area (TPSA) is 51.4 Å². The Balaban J connectivity index is 2.08. The van der Waals surface area contributed by atoms with E-state index in [1.807, 2.05) is 0 Å². The Labute approximate surface area is 113 Å². The van der Waals surface area contributed by atoms with E-state index in [9.17, 15) is 0 Å². The first-order valence-electron chi connectivity index (χ1n) is 6.71. The van der Waals surface area contributed by atoms with Crippen LogP contribution in [0.1, 0.15) is 36.8 Å². The minimum atomic E-state index is 0.553. The van der Waals surface area contributed by atoms with E-state index in [1.54, 1.807) is 18.4 Å². The van der Waals surface area contributed by atoms with Crippen LogP contribution in [0.5, 0.6) is 0 Å². The van der Waals surface area contributed by atoms with Crippen molar-refractivity contribution in [3.05, 3.63) is 10.6 Å². The van der Waals surface area contributed by atoms with Crippen LogP contribution in [0.25, 0.3) is 0 Å². The molecule has 1 fully saturated rings. The number of thiazole rings is 1.